The van der Waals surface area contributed by atoms with Crippen molar-refractivity contribution in [3.05, 3.63) is 35.7 Å². The molecule has 0 spiro atoms. The predicted molar refractivity (Wildman–Crippen MR) is 113 cm³/mol. The van der Waals surface area contributed by atoms with Crippen LogP contribution in [0.15, 0.2) is 24.5 Å². The van der Waals surface area contributed by atoms with Gasteiger partial charge in [0.1, 0.15) is 0 Å². The fourth-order valence-corrected chi connectivity index (χ4v) is 7.51. The molecule has 1 aromatic heterocycles. The van der Waals surface area contributed by atoms with E-state index in [1.165, 1.54) is 48.8 Å². The van der Waals surface area contributed by atoms with E-state index in [9.17, 15) is 4.79 Å². The van der Waals surface area contributed by atoms with E-state index in [-0.39, 0.29) is 11.0 Å². The van der Waals surface area contributed by atoms with Crippen molar-refractivity contribution in [1.82, 2.24) is 9.88 Å². The molecule has 1 unspecified atom stereocenters. The maximum Gasteiger partial charge on any atom is 0.223 e. The number of aromatic nitrogens is 1. The Bertz CT molecular complexity index is 830. The van der Waals surface area contributed by atoms with Crippen molar-refractivity contribution in [3.8, 4) is 0 Å². The molecule has 0 aromatic carbocycles. The van der Waals surface area contributed by atoms with Crippen molar-refractivity contribution in [3.63, 3.8) is 0 Å². The van der Waals surface area contributed by atoms with Crippen LogP contribution in [0.4, 0.5) is 0 Å². The van der Waals surface area contributed by atoms with Crippen LogP contribution in [0.25, 0.3) is 5.57 Å². The SMILES string of the molecule is CCc1cncc(C2=CC[C@H]3[C@@H]4CCC(=O)N5CCC[C@]5(C)C4CC[C@]23C)c1. The van der Waals surface area contributed by atoms with Crippen molar-refractivity contribution in [2.24, 2.45) is 23.2 Å². The number of carbonyl (C=O) groups excluding carboxylic acids is 1. The van der Waals surface area contributed by atoms with Gasteiger partial charge in [0.15, 0.2) is 0 Å². The lowest BCUT2D eigenvalue weighted by molar-refractivity contribution is -0.135. The Morgan fingerprint density at radius 3 is 2.86 bits per heavy atom. The third-order valence-corrected chi connectivity index (χ3v) is 9.00. The summed E-state index contributed by atoms with van der Waals surface area (Å²) in [6.07, 6.45) is 15.5. The number of amides is 1. The van der Waals surface area contributed by atoms with Crippen molar-refractivity contribution in [2.75, 3.05) is 6.54 Å². The Labute approximate surface area is 169 Å². The molecule has 5 rings (SSSR count). The molecule has 3 heteroatoms. The molecule has 1 aromatic rings. The van der Waals surface area contributed by atoms with Crippen LogP contribution in [-0.4, -0.2) is 27.9 Å². The number of carbonyl (C=O) groups is 1. The van der Waals surface area contributed by atoms with Crippen LogP contribution < -0.4 is 0 Å². The fourth-order valence-electron chi connectivity index (χ4n) is 7.51. The van der Waals surface area contributed by atoms with Crippen molar-refractivity contribution >= 4 is 11.5 Å². The Kier molecular flexibility index (Phi) is 4.23. The van der Waals surface area contributed by atoms with Crippen LogP contribution in [0, 0.1) is 23.2 Å². The first-order chi connectivity index (χ1) is 13.5. The monoisotopic (exact) mass is 378 g/mol. The summed E-state index contributed by atoms with van der Waals surface area (Å²) in [5.41, 5.74) is 4.53. The largest absolute Gasteiger partial charge is 0.337 e. The Hall–Kier alpha value is -1.64. The van der Waals surface area contributed by atoms with Crippen LogP contribution in [0.2, 0.25) is 0 Å². The molecule has 3 heterocycles. The first-order valence-corrected chi connectivity index (χ1v) is 11.4. The summed E-state index contributed by atoms with van der Waals surface area (Å²) in [7, 11) is 0. The van der Waals surface area contributed by atoms with Gasteiger partial charge in [-0.2, -0.15) is 0 Å². The normalized spacial score (nSPS) is 39.8. The second-order valence-electron chi connectivity index (χ2n) is 10.2. The molecule has 28 heavy (non-hydrogen) atoms. The van der Waals surface area contributed by atoms with Crippen molar-refractivity contribution in [2.45, 2.75) is 77.7 Å². The van der Waals surface area contributed by atoms with E-state index in [4.69, 9.17) is 0 Å². The third-order valence-electron chi connectivity index (χ3n) is 9.00. The second kappa shape index (κ2) is 6.43. The number of hydrogen-bond acceptors (Lipinski definition) is 2. The zero-order valence-corrected chi connectivity index (χ0v) is 17.7. The highest BCUT2D eigenvalue weighted by Crippen LogP contribution is 2.63. The number of pyridine rings is 1. The molecule has 3 fully saturated rings. The molecule has 1 saturated carbocycles. The molecule has 2 saturated heterocycles. The lowest BCUT2D eigenvalue weighted by atomic mass is 9.54. The summed E-state index contributed by atoms with van der Waals surface area (Å²) in [5, 5.41) is 0. The molecule has 0 radical (unpaired) electrons. The highest BCUT2D eigenvalue weighted by Gasteiger charge is 2.58. The predicted octanol–water partition coefficient (Wildman–Crippen LogP) is 5.25. The molecule has 5 atom stereocenters. The lowest BCUT2D eigenvalue weighted by Gasteiger charge is -2.53. The van der Waals surface area contributed by atoms with E-state index in [1.54, 1.807) is 0 Å². The van der Waals surface area contributed by atoms with Gasteiger partial charge in [-0.15, -0.1) is 0 Å². The number of nitrogens with zero attached hydrogens (tertiary/aromatic N) is 2. The van der Waals surface area contributed by atoms with Crippen molar-refractivity contribution < 1.29 is 4.79 Å². The Morgan fingerprint density at radius 1 is 1.18 bits per heavy atom. The molecule has 0 bridgehead atoms. The van der Waals surface area contributed by atoms with Gasteiger partial charge in [0, 0.05) is 30.9 Å². The zero-order chi connectivity index (χ0) is 19.5. The summed E-state index contributed by atoms with van der Waals surface area (Å²) >= 11 is 0. The smallest absolute Gasteiger partial charge is 0.223 e. The Morgan fingerprint density at radius 2 is 2.04 bits per heavy atom. The topological polar surface area (TPSA) is 33.2 Å². The summed E-state index contributed by atoms with van der Waals surface area (Å²) < 4.78 is 0. The van der Waals surface area contributed by atoms with E-state index in [2.05, 4.69) is 49.0 Å². The highest BCUT2D eigenvalue weighted by molar-refractivity contribution is 5.78. The Balaban J connectivity index is 1.49. The minimum absolute atomic E-state index is 0.103. The standard InChI is InChI=1S/C25H34N2O/c1-4-17-14-18(16-26-15-17)20-7-8-21-19-6-9-23(28)27-13-5-11-25(27,3)22(19)10-12-24(20,21)2/h7,14-16,19,21-22H,4-6,8-13H2,1-3H3/t19-,21-,22?,24+,25+/m0/s1. The molecule has 150 valence electrons. The first kappa shape index (κ1) is 18.4. The van der Waals surface area contributed by atoms with Gasteiger partial charge in [0.2, 0.25) is 5.91 Å². The average molecular weight is 379 g/mol. The fraction of sp³-hybridized carbons (Fsp3) is 0.680. The highest BCUT2D eigenvalue weighted by atomic mass is 16.2. The number of rotatable bonds is 2. The van der Waals surface area contributed by atoms with Crippen LogP contribution >= 0.6 is 0 Å². The van der Waals surface area contributed by atoms with Gasteiger partial charge in [0.25, 0.3) is 0 Å². The number of fused-ring (bicyclic) bond motifs is 5. The number of hydrogen-bond donors (Lipinski definition) is 0. The van der Waals surface area contributed by atoms with Gasteiger partial charge < -0.3 is 4.90 Å². The van der Waals surface area contributed by atoms with E-state index < -0.39 is 0 Å². The minimum Gasteiger partial charge on any atom is -0.337 e. The molecular weight excluding hydrogens is 344 g/mol. The van der Waals surface area contributed by atoms with Gasteiger partial charge >= 0.3 is 0 Å². The molecule has 2 aliphatic carbocycles. The molecule has 1 amide bonds. The third kappa shape index (κ3) is 2.47. The maximum atomic E-state index is 12.9. The van der Waals surface area contributed by atoms with E-state index in [1.807, 2.05) is 6.20 Å². The second-order valence-corrected chi connectivity index (χ2v) is 10.2. The quantitative estimate of drug-likeness (QED) is 0.704. The van der Waals surface area contributed by atoms with Crippen LogP contribution in [0.3, 0.4) is 0 Å². The van der Waals surface area contributed by atoms with Gasteiger partial charge in [-0.25, -0.2) is 0 Å². The number of aryl methyl sites for hydroxylation is 1. The molecular formula is C25H34N2O. The van der Waals surface area contributed by atoms with Crippen molar-refractivity contribution in [1.29, 1.82) is 0 Å². The van der Waals surface area contributed by atoms with E-state index >= 15 is 0 Å². The average Bonchev–Trinajstić information content (AvgIpc) is 3.23. The summed E-state index contributed by atoms with van der Waals surface area (Å²) in [5.74, 6) is 2.44. The van der Waals surface area contributed by atoms with Gasteiger partial charge in [-0.3, -0.25) is 9.78 Å². The van der Waals surface area contributed by atoms with Crippen LogP contribution in [0.5, 0.6) is 0 Å². The van der Waals surface area contributed by atoms with E-state index in [0.717, 1.165) is 25.8 Å². The molecule has 4 aliphatic rings. The van der Waals surface area contributed by atoms with Crippen LogP contribution in [0.1, 0.15) is 76.8 Å². The maximum absolute atomic E-state index is 12.9. The summed E-state index contributed by atoms with van der Waals surface area (Å²) in [4.78, 5) is 19.7. The van der Waals surface area contributed by atoms with Crippen LogP contribution in [-0.2, 0) is 11.2 Å². The van der Waals surface area contributed by atoms with Gasteiger partial charge in [-0.05, 0) is 97.8 Å². The molecule has 2 aliphatic heterocycles. The summed E-state index contributed by atoms with van der Waals surface area (Å²) in [6.45, 7) is 8.10. The van der Waals surface area contributed by atoms with Gasteiger partial charge in [-0.1, -0.05) is 19.9 Å². The van der Waals surface area contributed by atoms with Gasteiger partial charge in [0.05, 0.1) is 0 Å². The number of allylic oxidation sites excluding steroid dienone is 2. The lowest BCUT2D eigenvalue weighted by Crippen LogP contribution is -2.53. The summed E-state index contributed by atoms with van der Waals surface area (Å²) in [6, 6.07) is 2.36. The minimum atomic E-state index is 0.103. The molecule has 0 N–H and O–H groups in total. The van der Waals surface area contributed by atoms with E-state index in [0.29, 0.717) is 23.7 Å². The molecule has 3 nitrogen and oxygen atoms in total. The zero-order valence-electron chi connectivity index (χ0n) is 17.7. The first-order valence-electron chi connectivity index (χ1n) is 11.4.